The number of carboxylic acids is 1. The normalized spacial score (nSPS) is 17.5. The molecule has 1 fully saturated rings. The third-order valence-corrected chi connectivity index (χ3v) is 3.80. The number of hydrogen-bond donors (Lipinski definition) is 2. The van der Waals surface area contributed by atoms with Crippen molar-refractivity contribution in [1.82, 2.24) is 15.1 Å². The Hall–Kier alpha value is -0.890. The van der Waals surface area contributed by atoms with Crippen molar-refractivity contribution in [2.45, 2.75) is 25.8 Å². The van der Waals surface area contributed by atoms with Crippen molar-refractivity contribution in [3.63, 3.8) is 0 Å². The molecule has 2 N–H and O–H groups in total. The van der Waals surface area contributed by atoms with Crippen LogP contribution in [-0.2, 0) is 14.3 Å². The van der Waals surface area contributed by atoms with Crippen molar-refractivity contribution < 1.29 is 19.4 Å². The second-order valence-electron chi connectivity index (χ2n) is 5.33. The molecule has 1 amide bonds. The summed E-state index contributed by atoms with van der Waals surface area (Å²) in [4.78, 5) is 26.8. The maximum atomic E-state index is 12.0. The molecule has 1 rings (SSSR count). The third kappa shape index (κ3) is 7.93. The molecular weight excluding hydrogens is 310 g/mol. The number of rotatable bonds is 9. The van der Waals surface area contributed by atoms with Crippen LogP contribution in [0.4, 0.5) is 0 Å². The number of aliphatic carboxylic acids is 1. The first-order chi connectivity index (χ1) is 10.0. The van der Waals surface area contributed by atoms with Crippen molar-refractivity contribution in [2.24, 2.45) is 0 Å². The quantitative estimate of drug-likeness (QED) is 0.578. The predicted octanol–water partition coefficient (Wildman–Crippen LogP) is 0.0417. The smallest absolute Gasteiger partial charge is 0.304 e. The highest BCUT2D eigenvalue weighted by atomic mass is 35.5. The molecule has 8 heteroatoms. The first-order valence-electron chi connectivity index (χ1n) is 7.49. The molecule has 1 saturated heterocycles. The Morgan fingerprint density at radius 2 is 1.91 bits per heavy atom. The second-order valence-corrected chi connectivity index (χ2v) is 5.33. The van der Waals surface area contributed by atoms with Crippen LogP contribution in [0.5, 0.6) is 0 Å². The Balaban J connectivity index is 0.00000441. The molecule has 7 nitrogen and oxygen atoms in total. The summed E-state index contributed by atoms with van der Waals surface area (Å²) in [5, 5.41) is 11.6. The van der Waals surface area contributed by atoms with Gasteiger partial charge < -0.3 is 20.1 Å². The molecule has 1 aliphatic heterocycles. The van der Waals surface area contributed by atoms with Gasteiger partial charge in [0.15, 0.2) is 0 Å². The van der Waals surface area contributed by atoms with Crippen LogP contribution < -0.4 is 5.32 Å². The van der Waals surface area contributed by atoms with E-state index in [0.717, 1.165) is 32.6 Å². The molecule has 0 spiro atoms. The Morgan fingerprint density at radius 3 is 2.45 bits per heavy atom. The lowest BCUT2D eigenvalue weighted by molar-refractivity contribution is -0.137. The van der Waals surface area contributed by atoms with Crippen molar-refractivity contribution in [3.05, 3.63) is 0 Å². The van der Waals surface area contributed by atoms with E-state index in [0.29, 0.717) is 19.7 Å². The number of methoxy groups -OCH3 is 1. The van der Waals surface area contributed by atoms with Gasteiger partial charge in [-0.2, -0.15) is 0 Å². The fourth-order valence-corrected chi connectivity index (χ4v) is 2.37. The Bertz CT molecular complexity index is 336. The van der Waals surface area contributed by atoms with Crippen LogP contribution >= 0.6 is 12.4 Å². The highest BCUT2D eigenvalue weighted by Gasteiger charge is 2.25. The monoisotopic (exact) mass is 337 g/mol. The molecule has 0 bridgehead atoms. The van der Waals surface area contributed by atoms with E-state index in [9.17, 15) is 9.59 Å². The molecule has 1 unspecified atom stereocenters. The van der Waals surface area contributed by atoms with Gasteiger partial charge in [-0.1, -0.05) is 0 Å². The maximum Gasteiger partial charge on any atom is 0.304 e. The van der Waals surface area contributed by atoms with Gasteiger partial charge in [0.2, 0.25) is 5.91 Å². The van der Waals surface area contributed by atoms with Gasteiger partial charge in [0.25, 0.3) is 0 Å². The number of carbonyl (C=O) groups is 2. The summed E-state index contributed by atoms with van der Waals surface area (Å²) < 4.78 is 4.94. The van der Waals surface area contributed by atoms with E-state index in [-0.39, 0.29) is 30.8 Å². The van der Waals surface area contributed by atoms with E-state index in [2.05, 4.69) is 15.1 Å². The molecule has 0 aromatic heterocycles. The fraction of sp³-hybridized carbons (Fsp3) is 0.857. The van der Waals surface area contributed by atoms with E-state index in [1.807, 2.05) is 6.92 Å². The summed E-state index contributed by atoms with van der Waals surface area (Å²) in [5.74, 6) is -0.716. The zero-order valence-electron chi connectivity index (χ0n) is 13.4. The molecule has 0 aromatic rings. The average molecular weight is 338 g/mol. The summed E-state index contributed by atoms with van der Waals surface area (Å²) in [5.41, 5.74) is 0. The first-order valence-corrected chi connectivity index (χ1v) is 7.49. The molecule has 1 heterocycles. The highest BCUT2D eigenvalue weighted by Crippen LogP contribution is 2.07. The highest BCUT2D eigenvalue weighted by molar-refractivity contribution is 5.85. The number of carboxylic acid groups (broad SMARTS) is 1. The minimum Gasteiger partial charge on any atom is -0.481 e. The van der Waals surface area contributed by atoms with E-state index >= 15 is 0 Å². The summed E-state index contributed by atoms with van der Waals surface area (Å²) in [6.45, 7) is 7.01. The molecule has 22 heavy (non-hydrogen) atoms. The number of carbonyl (C=O) groups excluding carboxylic acids is 1. The summed E-state index contributed by atoms with van der Waals surface area (Å²) in [6.07, 6.45) is 0.994. The lowest BCUT2D eigenvalue weighted by Crippen LogP contribution is -2.54. The van der Waals surface area contributed by atoms with Gasteiger partial charge in [0.05, 0.1) is 12.5 Å². The Kier molecular flexibility index (Phi) is 11.2. The molecule has 0 saturated carbocycles. The van der Waals surface area contributed by atoms with Gasteiger partial charge in [-0.15, -0.1) is 12.4 Å². The van der Waals surface area contributed by atoms with Gasteiger partial charge in [0, 0.05) is 53.0 Å². The van der Waals surface area contributed by atoms with E-state index < -0.39 is 5.97 Å². The molecule has 0 aromatic carbocycles. The number of piperazine rings is 1. The van der Waals surface area contributed by atoms with Gasteiger partial charge >= 0.3 is 5.97 Å². The number of halogens is 1. The molecule has 130 valence electrons. The molecule has 1 aliphatic rings. The standard InChI is InChI=1S/C14H27N3O4.ClH/c1-12(14(20)15-5-3-11-21-2)17-9-7-16(8-10-17)6-4-13(18)19;/h12H,3-11H2,1-2H3,(H,15,20)(H,18,19);1H. The number of nitrogens with one attached hydrogen (secondary N) is 1. The molecule has 1 atom stereocenters. The number of amides is 1. The van der Waals surface area contributed by atoms with Crippen LogP contribution in [-0.4, -0.2) is 85.8 Å². The number of hydrogen-bond acceptors (Lipinski definition) is 5. The van der Waals surface area contributed by atoms with Crippen molar-refractivity contribution in [3.8, 4) is 0 Å². The average Bonchev–Trinajstić information content (AvgIpc) is 2.49. The van der Waals surface area contributed by atoms with Gasteiger partial charge in [-0.25, -0.2) is 0 Å². The van der Waals surface area contributed by atoms with E-state index in [4.69, 9.17) is 9.84 Å². The van der Waals surface area contributed by atoms with Gasteiger partial charge in [0.1, 0.15) is 0 Å². The Morgan fingerprint density at radius 1 is 1.27 bits per heavy atom. The zero-order chi connectivity index (χ0) is 15.7. The van der Waals surface area contributed by atoms with Crippen LogP contribution in [0, 0.1) is 0 Å². The Labute approximate surface area is 138 Å². The van der Waals surface area contributed by atoms with Crippen LogP contribution in [0.1, 0.15) is 19.8 Å². The fourth-order valence-electron chi connectivity index (χ4n) is 2.37. The minimum atomic E-state index is -0.763. The lowest BCUT2D eigenvalue weighted by Gasteiger charge is -2.37. The molecular formula is C14H28ClN3O4. The second kappa shape index (κ2) is 11.6. The van der Waals surface area contributed by atoms with Crippen LogP contribution in [0.25, 0.3) is 0 Å². The summed E-state index contributed by atoms with van der Waals surface area (Å²) in [7, 11) is 1.65. The maximum absolute atomic E-state index is 12.0. The zero-order valence-corrected chi connectivity index (χ0v) is 14.2. The van der Waals surface area contributed by atoms with E-state index in [1.165, 1.54) is 0 Å². The minimum absolute atomic E-state index is 0. The van der Waals surface area contributed by atoms with Crippen LogP contribution in [0.3, 0.4) is 0 Å². The van der Waals surface area contributed by atoms with Crippen molar-refractivity contribution in [2.75, 3.05) is 53.0 Å². The topological polar surface area (TPSA) is 82.1 Å². The summed E-state index contributed by atoms with van der Waals surface area (Å²) >= 11 is 0. The van der Waals surface area contributed by atoms with Crippen LogP contribution in [0.2, 0.25) is 0 Å². The molecule has 0 aliphatic carbocycles. The number of nitrogens with zero attached hydrogens (tertiary/aromatic N) is 2. The lowest BCUT2D eigenvalue weighted by atomic mass is 10.2. The van der Waals surface area contributed by atoms with E-state index in [1.54, 1.807) is 7.11 Å². The van der Waals surface area contributed by atoms with Gasteiger partial charge in [-0.05, 0) is 13.3 Å². The van der Waals surface area contributed by atoms with Gasteiger partial charge in [-0.3, -0.25) is 14.5 Å². The summed E-state index contributed by atoms with van der Waals surface area (Å²) in [6, 6.07) is -0.144. The first kappa shape index (κ1) is 21.1. The van der Waals surface area contributed by atoms with Crippen molar-refractivity contribution >= 4 is 24.3 Å². The van der Waals surface area contributed by atoms with Crippen LogP contribution in [0.15, 0.2) is 0 Å². The third-order valence-electron chi connectivity index (χ3n) is 3.80. The largest absolute Gasteiger partial charge is 0.481 e. The van der Waals surface area contributed by atoms with Crippen molar-refractivity contribution in [1.29, 1.82) is 0 Å². The predicted molar refractivity (Wildman–Crippen MR) is 86.5 cm³/mol. The number of ether oxygens (including phenoxy) is 1. The SMILES string of the molecule is COCCCNC(=O)C(C)N1CCN(CCC(=O)O)CC1.Cl. The molecule has 0 radical (unpaired) electrons.